The first-order chi connectivity index (χ1) is 36.2. The number of carbonyl (C=O) groups is 3. The Balaban J connectivity index is 4.72. The third-order valence-electron chi connectivity index (χ3n) is 13.2. The van der Waals surface area contributed by atoms with Gasteiger partial charge in [-0.2, -0.15) is 0 Å². The number of hydrogen-bond acceptors (Lipinski definition) is 10. The van der Waals surface area contributed by atoms with Crippen LogP contribution in [0.25, 0.3) is 0 Å². The summed E-state index contributed by atoms with van der Waals surface area (Å²) in [6, 6.07) is 0. The largest absolute Gasteiger partial charge is 0.472 e. The molecule has 0 fully saturated rings. The molecule has 2 N–H and O–H groups in total. The summed E-state index contributed by atoms with van der Waals surface area (Å²) in [6.07, 6.45) is 60.6. The number of allylic oxidation sites excluding steroid dienone is 8. The van der Waals surface area contributed by atoms with E-state index in [-0.39, 0.29) is 25.9 Å². The van der Waals surface area contributed by atoms with Crippen molar-refractivity contribution in [1.82, 2.24) is 0 Å². The van der Waals surface area contributed by atoms with Gasteiger partial charge in [-0.1, -0.05) is 217 Å². The average Bonchev–Trinajstić information content (AvgIpc) is 3.39. The van der Waals surface area contributed by atoms with Gasteiger partial charge < -0.3 is 24.2 Å². The fourth-order valence-electron chi connectivity index (χ4n) is 8.49. The average molecular weight is 1070 g/mol. The van der Waals surface area contributed by atoms with Gasteiger partial charge in [0.15, 0.2) is 6.10 Å². The van der Waals surface area contributed by atoms with Gasteiger partial charge in [0.1, 0.15) is 12.7 Å². The number of aliphatic hydroxyl groups is 1. The maximum Gasteiger partial charge on any atom is 0.472 e. The highest BCUT2D eigenvalue weighted by molar-refractivity contribution is 7.47. The van der Waals surface area contributed by atoms with E-state index in [1.54, 1.807) is 0 Å². The molecule has 0 bridgehead atoms. The second-order valence-electron chi connectivity index (χ2n) is 20.5. The van der Waals surface area contributed by atoms with Crippen molar-refractivity contribution >= 4 is 25.7 Å². The summed E-state index contributed by atoms with van der Waals surface area (Å²) in [5.41, 5.74) is 0. The van der Waals surface area contributed by atoms with E-state index >= 15 is 0 Å². The summed E-state index contributed by atoms with van der Waals surface area (Å²) in [7, 11) is -4.75. The van der Waals surface area contributed by atoms with Gasteiger partial charge in [-0.15, -0.1) is 0 Å². The molecular weight excluding hydrogens is 952 g/mol. The predicted octanol–water partition coefficient (Wildman–Crippen LogP) is 18.1. The minimum atomic E-state index is -4.75. The molecule has 74 heavy (non-hydrogen) atoms. The van der Waals surface area contributed by atoms with Crippen LogP contribution < -0.4 is 0 Å². The standard InChI is InChI=1S/C62H113O11P/c1-4-7-10-13-16-19-22-25-28-29-32-35-38-41-44-47-50-53-62(66)73-59(55-69-60(64)51-48-45-42-39-36-33-30-26-23-20-17-14-11-8-5-2)57-71-74(67,68)70-56-58(54-63)72-61(65)52-49-46-43-40-37-34-31-27-24-21-18-15-12-9-6-3/h17,20,25-28,30-31,58-59,63H,4-16,18-19,21-24,29,32-57H2,1-3H3,(H,67,68)/b20-17-,28-25-,30-26-,31-27-. The number of hydrogen-bond donors (Lipinski definition) is 2. The van der Waals surface area contributed by atoms with Crippen LogP contribution in [0, 0.1) is 0 Å². The van der Waals surface area contributed by atoms with Crippen molar-refractivity contribution in [1.29, 1.82) is 0 Å². The maximum atomic E-state index is 12.9. The highest BCUT2D eigenvalue weighted by Gasteiger charge is 2.28. The van der Waals surface area contributed by atoms with Crippen molar-refractivity contribution in [2.75, 3.05) is 26.4 Å². The Bertz CT molecular complexity index is 1430. The van der Waals surface area contributed by atoms with Gasteiger partial charge in [0.25, 0.3) is 0 Å². The number of phosphoric acid groups is 1. The number of esters is 3. The molecule has 0 aliphatic carbocycles. The van der Waals surface area contributed by atoms with E-state index in [1.807, 2.05) is 0 Å². The van der Waals surface area contributed by atoms with Gasteiger partial charge in [-0.3, -0.25) is 23.4 Å². The van der Waals surface area contributed by atoms with Crippen LogP contribution in [-0.4, -0.2) is 66.5 Å². The van der Waals surface area contributed by atoms with Crippen molar-refractivity contribution < 1.29 is 52.2 Å². The van der Waals surface area contributed by atoms with Gasteiger partial charge in [0, 0.05) is 19.3 Å². The quantitative estimate of drug-likeness (QED) is 0.0197. The highest BCUT2D eigenvalue weighted by atomic mass is 31.2. The second kappa shape index (κ2) is 56.6. The van der Waals surface area contributed by atoms with Crippen LogP contribution in [0.1, 0.15) is 290 Å². The molecule has 12 heteroatoms. The number of ether oxygens (including phenoxy) is 3. The summed E-state index contributed by atoms with van der Waals surface area (Å²) >= 11 is 0. The van der Waals surface area contributed by atoms with Crippen LogP contribution in [0.5, 0.6) is 0 Å². The van der Waals surface area contributed by atoms with Crippen molar-refractivity contribution in [2.24, 2.45) is 0 Å². The van der Waals surface area contributed by atoms with Crippen LogP contribution in [0.4, 0.5) is 0 Å². The van der Waals surface area contributed by atoms with Crippen LogP contribution in [-0.2, 0) is 42.2 Å². The molecule has 0 spiro atoms. The number of unbranched alkanes of at least 4 members (excludes halogenated alkanes) is 32. The Morgan fingerprint density at radius 2 is 0.662 bits per heavy atom. The van der Waals surface area contributed by atoms with Gasteiger partial charge >= 0.3 is 25.7 Å². The molecular formula is C62H113O11P. The molecule has 0 amide bonds. The van der Waals surface area contributed by atoms with Crippen LogP contribution in [0.2, 0.25) is 0 Å². The van der Waals surface area contributed by atoms with E-state index < -0.39 is 57.8 Å². The monoisotopic (exact) mass is 1060 g/mol. The molecule has 11 nitrogen and oxygen atoms in total. The summed E-state index contributed by atoms with van der Waals surface area (Å²) in [6.45, 7) is 4.62. The fourth-order valence-corrected chi connectivity index (χ4v) is 9.28. The molecule has 0 saturated carbocycles. The third kappa shape index (κ3) is 54.2. The summed E-state index contributed by atoms with van der Waals surface area (Å²) in [4.78, 5) is 48.6. The molecule has 0 aliphatic heterocycles. The Morgan fingerprint density at radius 3 is 1.04 bits per heavy atom. The number of carbonyl (C=O) groups excluding carboxylic acids is 3. The molecule has 0 aromatic rings. The first-order valence-electron chi connectivity index (χ1n) is 30.5. The van der Waals surface area contributed by atoms with E-state index in [4.69, 9.17) is 23.3 Å². The second-order valence-corrected chi connectivity index (χ2v) is 22.0. The van der Waals surface area contributed by atoms with Crippen LogP contribution in [0.15, 0.2) is 48.6 Å². The molecule has 0 aromatic carbocycles. The minimum Gasteiger partial charge on any atom is -0.462 e. The van der Waals surface area contributed by atoms with Gasteiger partial charge in [-0.25, -0.2) is 4.57 Å². The Labute approximate surface area is 453 Å². The molecule has 0 rings (SSSR count). The zero-order valence-corrected chi connectivity index (χ0v) is 48.7. The summed E-state index contributed by atoms with van der Waals surface area (Å²) < 4.78 is 39.6. The Hall–Kier alpha value is -2.56. The lowest BCUT2D eigenvalue weighted by Gasteiger charge is -2.21. The normalized spacial score (nSPS) is 13.6. The first-order valence-corrected chi connectivity index (χ1v) is 32.0. The van der Waals surface area contributed by atoms with Gasteiger partial charge in [0.05, 0.1) is 19.8 Å². The van der Waals surface area contributed by atoms with E-state index in [9.17, 15) is 28.9 Å². The van der Waals surface area contributed by atoms with E-state index in [0.29, 0.717) is 19.3 Å². The predicted molar refractivity (Wildman–Crippen MR) is 307 cm³/mol. The van der Waals surface area contributed by atoms with E-state index in [0.717, 1.165) is 109 Å². The maximum absolute atomic E-state index is 12.9. The lowest BCUT2D eigenvalue weighted by molar-refractivity contribution is -0.161. The van der Waals surface area contributed by atoms with Crippen LogP contribution in [0.3, 0.4) is 0 Å². The number of phosphoric ester groups is 1. The molecule has 0 aliphatic rings. The Kier molecular flexibility index (Phi) is 54.7. The number of aliphatic hydroxyl groups excluding tert-OH is 1. The lowest BCUT2D eigenvalue weighted by Crippen LogP contribution is -2.30. The van der Waals surface area contributed by atoms with Gasteiger partial charge in [-0.05, 0) is 103 Å². The van der Waals surface area contributed by atoms with Crippen molar-refractivity contribution in [2.45, 2.75) is 303 Å². The van der Waals surface area contributed by atoms with Crippen molar-refractivity contribution in [3.8, 4) is 0 Å². The topological polar surface area (TPSA) is 155 Å². The molecule has 0 heterocycles. The zero-order chi connectivity index (χ0) is 54.1. The number of rotatable bonds is 57. The lowest BCUT2D eigenvalue weighted by atomic mass is 10.1. The zero-order valence-electron chi connectivity index (χ0n) is 47.8. The molecule has 3 unspecified atom stereocenters. The van der Waals surface area contributed by atoms with Crippen molar-refractivity contribution in [3.05, 3.63) is 48.6 Å². The molecule has 0 aromatic heterocycles. The van der Waals surface area contributed by atoms with E-state index in [2.05, 4.69) is 69.4 Å². The molecule has 3 atom stereocenters. The summed E-state index contributed by atoms with van der Waals surface area (Å²) in [5, 5.41) is 9.83. The summed E-state index contributed by atoms with van der Waals surface area (Å²) in [5.74, 6) is -1.48. The third-order valence-corrected chi connectivity index (χ3v) is 14.1. The highest BCUT2D eigenvalue weighted by Crippen LogP contribution is 2.43. The van der Waals surface area contributed by atoms with Crippen molar-refractivity contribution in [3.63, 3.8) is 0 Å². The molecule has 0 radical (unpaired) electrons. The first kappa shape index (κ1) is 71.4. The van der Waals surface area contributed by atoms with E-state index in [1.165, 1.54) is 122 Å². The smallest absolute Gasteiger partial charge is 0.462 e. The SMILES string of the molecule is CCCCC/C=C\C/C=C\CCCCCCCC(=O)OCC(COP(=O)(O)OCC(CO)OC(=O)CCCCCCC/C=C\CCCCCCCC)OC(=O)CCCCCCCCC/C=C\CCCCCCCC. The van der Waals surface area contributed by atoms with Gasteiger partial charge in [0.2, 0.25) is 0 Å². The minimum absolute atomic E-state index is 0.160. The fraction of sp³-hybridized carbons (Fsp3) is 0.823. The van der Waals surface area contributed by atoms with Crippen LogP contribution >= 0.6 is 7.82 Å². The Morgan fingerprint density at radius 1 is 0.378 bits per heavy atom. The molecule has 0 saturated heterocycles. The molecule has 432 valence electrons.